The molecule has 2 heterocycles. The van der Waals surface area contributed by atoms with Gasteiger partial charge in [0.25, 0.3) is 0 Å². The Hall–Kier alpha value is -2.18. The Morgan fingerprint density at radius 2 is 2.04 bits per heavy atom. The fourth-order valence-electron chi connectivity index (χ4n) is 3.16. The SMILES string of the molecule is Cc1ncc(CN(CCO)Cc2nc3ccccc3n2CC(C)C)[nH]1. The van der Waals surface area contributed by atoms with Gasteiger partial charge in [-0.3, -0.25) is 4.90 Å². The molecule has 2 N–H and O–H groups in total. The first-order chi connectivity index (χ1) is 12.1. The molecule has 2 aromatic heterocycles. The third-order valence-corrected chi connectivity index (χ3v) is 4.21. The molecule has 0 bridgehead atoms. The van der Waals surface area contributed by atoms with Crippen LogP contribution >= 0.6 is 0 Å². The first-order valence-electron chi connectivity index (χ1n) is 8.84. The number of aliphatic hydroxyl groups excluding tert-OH is 1. The van der Waals surface area contributed by atoms with Gasteiger partial charge in [-0.15, -0.1) is 0 Å². The summed E-state index contributed by atoms with van der Waals surface area (Å²) >= 11 is 0. The predicted molar refractivity (Wildman–Crippen MR) is 99.1 cm³/mol. The minimum absolute atomic E-state index is 0.123. The number of H-pyrrole nitrogens is 1. The highest BCUT2D eigenvalue weighted by Gasteiger charge is 2.16. The molecule has 0 radical (unpaired) electrons. The van der Waals surface area contributed by atoms with Gasteiger partial charge in [-0.25, -0.2) is 9.97 Å². The Morgan fingerprint density at radius 3 is 2.72 bits per heavy atom. The van der Waals surface area contributed by atoms with E-state index in [2.05, 4.69) is 51.5 Å². The lowest BCUT2D eigenvalue weighted by Crippen LogP contribution is -2.28. The zero-order chi connectivity index (χ0) is 17.8. The number of hydrogen-bond acceptors (Lipinski definition) is 4. The number of para-hydroxylation sites is 2. The molecule has 0 saturated carbocycles. The van der Waals surface area contributed by atoms with E-state index >= 15 is 0 Å². The zero-order valence-corrected chi connectivity index (χ0v) is 15.2. The molecule has 6 nitrogen and oxygen atoms in total. The molecule has 0 unspecified atom stereocenters. The van der Waals surface area contributed by atoms with Crippen molar-refractivity contribution in [2.45, 2.75) is 40.4 Å². The molecule has 3 aromatic rings. The van der Waals surface area contributed by atoms with E-state index in [1.807, 2.05) is 19.2 Å². The highest BCUT2D eigenvalue weighted by Crippen LogP contribution is 2.19. The second-order valence-corrected chi connectivity index (χ2v) is 6.95. The topological polar surface area (TPSA) is 70.0 Å². The van der Waals surface area contributed by atoms with Gasteiger partial charge in [-0.05, 0) is 25.0 Å². The maximum atomic E-state index is 9.46. The van der Waals surface area contributed by atoms with Crippen LogP contribution in [0.15, 0.2) is 30.5 Å². The Labute approximate surface area is 148 Å². The van der Waals surface area contributed by atoms with Crippen LogP contribution in [0.1, 0.15) is 31.2 Å². The Kier molecular flexibility index (Phi) is 5.50. The molecule has 0 aliphatic carbocycles. The summed E-state index contributed by atoms with van der Waals surface area (Å²) in [5, 5.41) is 9.46. The van der Waals surface area contributed by atoms with E-state index in [1.165, 1.54) is 5.52 Å². The van der Waals surface area contributed by atoms with Gasteiger partial charge in [-0.1, -0.05) is 26.0 Å². The van der Waals surface area contributed by atoms with Crippen molar-refractivity contribution >= 4 is 11.0 Å². The highest BCUT2D eigenvalue weighted by molar-refractivity contribution is 5.75. The van der Waals surface area contributed by atoms with Gasteiger partial charge < -0.3 is 14.7 Å². The summed E-state index contributed by atoms with van der Waals surface area (Å²) in [6.45, 7) is 9.45. The number of hydrogen-bond donors (Lipinski definition) is 2. The van der Waals surface area contributed by atoms with Crippen LogP contribution in [0.2, 0.25) is 0 Å². The third-order valence-electron chi connectivity index (χ3n) is 4.21. The van der Waals surface area contributed by atoms with E-state index < -0.39 is 0 Å². The molecule has 0 saturated heterocycles. The Morgan fingerprint density at radius 1 is 1.24 bits per heavy atom. The molecule has 25 heavy (non-hydrogen) atoms. The number of nitrogens with zero attached hydrogens (tertiary/aromatic N) is 4. The second kappa shape index (κ2) is 7.80. The third kappa shape index (κ3) is 4.27. The van der Waals surface area contributed by atoms with Crippen molar-refractivity contribution < 1.29 is 5.11 Å². The van der Waals surface area contributed by atoms with E-state index in [1.54, 1.807) is 0 Å². The van der Waals surface area contributed by atoms with E-state index in [0.29, 0.717) is 25.6 Å². The van der Waals surface area contributed by atoms with Gasteiger partial charge in [0.15, 0.2) is 0 Å². The van der Waals surface area contributed by atoms with Crippen LogP contribution in [0.4, 0.5) is 0 Å². The number of nitrogens with one attached hydrogen (secondary N) is 1. The van der Waals surface area contributed by atoms with Crippen molar-refractivity contribution in [3.63, 3.8) is 0 Å². The summed E-state index contributed by atoms with van der Waals surface area (Å²) in [5.74, 6) is 2.49. The van der Waals surface area contributed by atoms with Crippen LogP contribution in [0.3, 0.4) is 0 Å². The summed E-state index contributed by atoms with van der Waals surface area (Å²) in [6.07, 6.45) is 1.86. The van der Waals surface area contributed by atoms with Crippen LogP contribution < -0.4 is 0 Å². The number of aryl methyl sites for hydroxylation is 1. The second-order valence-electron chi connectivity index (χ2n) is 6.95. The standard InChI is InChI=1S/C19H27N5O/c1-14(2)11-24-18-7-5-4-6-17(18)22-19(24)13-23(8-9-25)12-16-10-20-15(3)21-16/h4-7,10,14,25H,8-9,11-13H2,1-3H3,(H,20,21). The van der Waals surface area contributed by atoms with Crippen molar-refractivity contribution in [2.75, 3.05) is 13.2 Å². The van der Waals surface area contributed by atoms with Crippen LogP contribution in [0.25, 0.3) is 11.0 Å². The van der Waals surface area contributed by atoms with Gasteiger partial charge in [0.2, 0.25) is 0 Å². The van der Waals surface area contributed by atoms with Gasteiger partial charge >= 0.3 is 0 Å². The van der Waals surface area contributed by atoms with Crippen molar-refractivity contribution in [1.29, 1.82) is 0 Å². The van der Waals surface area contributed by atoms with Crippen LogP contribution in [-0.4, -0.2) is 42.7 Å². The average Bonchev–Trinajstić information content (AvgIpc) is 3.11. The number of rotatable bonds is 8. The zero-order valence-electron chi connectivity index (χ0n) is 15.2. The highest BCUT2D eigenvalue weighted by atomic mass is 16.3. The summed E-state index contributed by atoms with van der Waals surface area (Å²) in [4.78, 5) is 14.6. The molecule has 134 valence electrons. The molecule has 1 aromatic carbocycles. The number of aliphatic hydroxyl groups is 1. The van der Waals surface area contributed by atoms with E-state index in [0.717, 1.165) is 29.4 Å². The lowest BCUT2D eigenvalue weighted by molar-refractivity contribution is 0.178. The number of imidazole rings is 2. The minimum atomic E-state index is 0.123. The van der Waals surface area contributed by atoms with Crippen molar-refractivity contribution in [2.24, 2.45) is 5.92 Å². The molecule has 0 amide bonds. The summed E-state index contributed by atoms with van der Waals surface area (Å²) < 4.78 is 2.31. The van der Waals surface area contributed by atoms with Crippen molar-refractivity contribution in [3.05, 3.63) is 47.8 Å². The van der Waals surface area contributed by atoms with Crippen molar-refractivity contribution in [3.8, 4) is 0 Å². The summed E-state index contributed by atoms with van der Waals surface area (Å²) in [5.41, 5.74) is 3.25. The lowest BCUT2D eigenvalue weighted by Gasteiger charge is -2.21. The Bertz CT molecular complexity index is 820. The first kappa shape index (κ1) is 17.6. The van der Waals surface area contributed by atoms with Crippen LogP contribution in [0.5, 0.6) is 0 Å². The van der Waals surface area contributed by atoms with Gasteiger partial charge in [-0.2, -0.15) is 0 Å². The fourth-order valence-corrected chi connectivity index (χ4v) is 3.16. The Balaban J connectivity index is 1.87. The summed E-state index contributed by atoms with van der Waals surface area (Å²) in [7, 11) is 0. The van der Waals surface area contributed by atoms with E-state index in [4.69, 9.17) is 4.98 Å². The molecular weight excluding hydrogens is 314 g/mol. The van der Waals surface area contributed by atoms with Crippen LogP contribution in [-0.2, 0) is 19.6 Å². The number of fused-ring (bicyclic) bond motifs is 1. The average molecular weight is 341 g/mol. The van der Waals surface area contributed by atoms with E-state index in [9.17, 15) is 5.11 Å². The predicted octanol–water partition coefficient (Wildman–Crippen LogP) is 2.72. The van der Waals surface area contributed by atoms with Gasteiger partial charge in [0.05, 0.1) is 24.2 Å². The van der Waals surface area contributed by atoms with Gasteiger partial charge in [0, 0.05) is 31.5 Å². The molecular formula is C19H27N5O. The number of benzene rings is 1. The minimum Gasteiger partial charge on any atom is -0.395 e. The van der Waals surface area contributed by atoms with Crippen molar-refractivity contribution in [1.82, 2.24) is 24.4 Å². The molecule has 6 heteroatoms. The molecule has 0 aliphatic rings. The van der Waals surface area contributed by atoms with Crippen LogP contribution in [0, 0.1) is 12.8 Å². The fraction of sp³-hybridized carbons (Fsp3) is 0.474. The monoisotopic (exact) mass is 341 g/mol. The molecule has 0 atom stereocenters. The number of aromatic amines is 1. The quantitative estimate of drug-likeness (QED) is 0.661. The normalized spacial score (nSPS) is 11.9. The smallest absolute Gasteiger partial charge is 0.124 e. The first-order valence-corrected chi connectivity index (χ1v) is 8.84. The molecule has 0 spiro atoms. The van der Waals surface area contributed by atoms with Gasteiger partial charge in [0.1, 0.15) is 11.6 Å². The molecule has 3 rings (SSSR count). The molecule has 0 aliphatic heterocycles. The largest absolute Gasteiger partial charge is 0.395 e. The molecule has 0 fully saturated rings. The summed E-state index contributed by atoms with van der Waals surface area (Å²) in [6, 6.07) is 8.27. The maximum absolute atomic E-state index is 9.46. The number of aromatic nitrogens is 4. The van der Waals surface area contributed by atoms with E-state index in [-0.39, 0.29) is 6.61 Å². The lowest BCUT2D eigenvalue weighted by atomic mass is 10.2. The maximum Gasteiger partial charge on any atom is 0.124 e.